The Morgan fingerprint density at radius 1 is 1.36 bits per heavy atom. The third kappa shape index (κ3) is 3.71. The molecule has 1 amide bonds. The van der Waals surface area contributed by atoms with Crippen molar-refractivity contribution < 1.29 is 19.4 Å². The van der Waals surface area contributed by atoms with E-state index in [0.717, 1.165) is 16.9 Å². The quantitative estimate of drug-likeness (QED) is 0.780. The molecule has 0 unspecified atom stereocenters. The van der Waals surface area contributed by atoms with Gasteiger partial charge in [0, 0.05) is 15.5 Å². The summed E-state index contributed by atoms with van der Waals surface area (Å²) in [5, 5.41) is 14.0. The van der Waals surface area contributed by atoms with E-state index in [1.165, 1.54) is 11.3 Å². The van der Waals surface area contributed by atoms with Crippen LogP contribution in [0.4, 0.5) is 5.00 Å². The van der Waals surface area contributed by atoms with Crippen LogP contribution >= 0.6 is 22.9 Å². The van der Waals surface area contributed by atoms with Gasteiger partial charge in [0.1, 0.15) is 5.00 Å². The second-order valence-corrected chi connectivity index (χ2v) is 7.23. The molecule has 0 saturated heterocycles. The normalized spacial score (nSPS) is 16.2. The van der Waals surface area contributed by atoms with Crippen molar-refractivity contribution >= 4 is 39.8 Å². The van der Waals surface area contributed by atoms with Crippen LogP contribution in [0.2, 0.25) is 5.02 Å². The molecular weight excluding hydrogens is 362 g/mol. The number of benzene rings is 1. The molecule has 1 aromatic carbocycles. The number of hydrogen-bond donors (Lipinski definition) is 2. The lowest BCUT2D eigenvalue weighted by atomic mass is 9.93. The molecule has 0 fully saturated rings. The van der Waals surface area contributed by atoms with Crippen molar-refractivity contribution in [1.82, 2.24) is 0 Å². The molecule has 132 valence electrons. The van der Waals surface area contributed by atoms with Crippen LogP contribution in [0, 0.1) is 0 Å². The maximum Gasteiger partial charge on any atom is 0.341 e. The molecule has 1 heterocycles. The molecule has 2 N–H and O–H groups in total. The minimum absolute atomic E-state index is 0.247. The largest absolute Gasteiger partial charge is 0.462 e. The predicted molar refractivity (Wildman–Crippen MR) is 97.6 cm³/mol. The average molecular weight is 380 g/mol. The van der Waals surface area contributed by atoms with Gasteiger partial charge in [-0.2, -0.15) is 0 Å². The Kier molecular flexibility index (Phi) is 5.42. The fraction of sp³-hybridized carbons (Fsp3) is 0.333. The number of rotatable bonds is 4. The van der Waals surface area contributed by atoms with E-state index >= 15 is 0 Å². The molecule has 0 bridgehead atoms. The summed E-state index contributed by atoms with van der Waals surface area (Å²) in [5.41, 5.74) is 1.59. The first-order chi connectivity index (χ1) is 12.0. The summed E-state index contributed by atoms with van der Waals surface area (Å²) < 4.78 is 5.15. The van der Waals surface area contributed by atoms with Crippen molar-refractivity contribution in [3.63, 3.8) is 0 Å². The van der Waals surface area contributed by atoms with Crippen LogP contribution in [0.25, 0.3) is 0 Å². The molecule has 2 aromatic rings. The van der Waals surface area contributed by atoms with Gasteiger partial charge in [0.2, 0.25) is 0 Å². The van der Waals surface area contributed by atoms with E-state index in [2.05, 4.69) is 5.32 Å². The van der Waals surface area contributed by atoms with Gasteiger partial charge < -0.3 is 15.2 Å². The SMILES string of the molecule is CCOC(=O)c1c(NC(=O)c2ccc(Cl)cc2)sc2c1CCC[C@@H]2O. The van der Waals surface area contributed by atoms with Crippen molar-refractivity contribution in [1.29, 1.82) is 0 Å². The van der Waals surface area contributed by atoms with Crippen LogP contribution in [-0.4, -0.2) is 23.6 Å². The number of esters is 1. The van der Waals surface area contributed by atoms with Gasteiger partial charge in [-0.1, -0.05) is 11.6 Å². The van der Waals surface area contributed by atoms with E-state index in [4.69, 9.17) is 16.3 Å². The summed E-state index contributed by atoms with van der Waals surface area (Å²) >= 11 is 7.09. The predicted octanol–water partition coefficient (Wildman–Crippen LogP) is 4.20. The highest BCUT2D eigenvalue weighted by atomic mass is 35.5. The van der Waals surface area contributed by atoms with Gasteiger partial charge in [-0.15, -0.1) is 11.3 Å². The van der Waals surface area contributed by atoms with Crippen LogP contribution in [0.3, 0.4) is 0 Å². The van der Waals surface area contributed by atoms with E-state index in [9.17, 15) is 14.7 Å². The Hall–Kier alpha value is -1.89. The highest BCUT2D eigenvalue weighted by Gasteiger charge is 2.31. The average Bonchev–Trinajstić information content (AvgIpc) is 2.95. The summed E-state index contributed by atoms with van der Waals surface area (Å²) in [7, 11) is 0. The number of carbonyl (C=O) groups excluding carboxylic acids is 2. The zero-order chi connectivity index (χ0) is 18.0. The highest BCUT2D eigenvalue weighted by molar-refractivity contribution is 7.17. The summed E-state index contributed by atoms with van der Waals surface area (Å²) in [6, 6.07) is 6.49. The Morgan fingerprint density at radius 2 is 2.08 bits per heavy atom. The van der Waals surface area contributed by atoms with Crippen molar-refractivity contribution in [3.05, 3.63) is 50.9 Å². The van der Waals surface area contributed by atoms with Crippen LogP contribution in [0.1, 0.15) is 57.0 Å². The number of nitrogens with one attached hydrogen (secondary N) is 1. The van der Waals surface area contributed by atoms with E-state index in [0.29, 0.717) is 34.0 Å². The van der Waals surface area contributed by atoms with Crippen LogP contribution in [-0.2, 0) is 11.2 Å². The molecule has 1 aliphatic rings. The third-order valence-corrected chi connectivity index (χ3v) is 5.56. The minimum Gasteiger partial charge on any atom is -0.462 e. The number of thiophene rings is 1. The maximum absolute atomic E-state index is 12.5. The number of aliphatic hydroxyl groups excluding tert-OH is 1. The van der Waals surface area contributed by atoms with Gasteiger partial charge in [0.15, 0.2) is 0 Å². The fourth-order valence-corrected chi connectivity index (χ4v) is 4.27. The van der Waals surface area contributed by atoms with Crippen molar-refractivity contribution in [2.45, 2.75) is 32.3 Å². The molecule has 3 rings (SSSR count). The third-order valence-electron chi connectivity index (χ3n) is 4.06. The molecule has 0 saturated carbocycles. The Labute approximate surface area is 154 Å². The van der Waals surface area contributed by atoms with Gasteiger partial charge in [0.25, 0.3) is 5.91 Å². The Morgan fingerprint density at radius 3 is 2.76 bits per heavy atom. The number of fused-ring (bicyclic) bond motifs is 1. The standard InChI is InChI=1S/C18H18ClNO4S/c1-2-24-18(23)14-12-4-3-5-13(21)15(12)25-17(14)20-16(22)10-6-8-11(19)9-7-10/h6-9,13,21H,2-5H2,1H3,(H,20,22)/t13-/m0/s1. The van der Waals surface area contributed by atoms with E-state index in [-0.39, 0.29) is 12.5 Å². The molecule has 25 heavy (non-hydrogen) atoms. The highest BCUT2D eigenvalue weighted by Crippen LogP contribution is 2.43. The molecule has 0 radical (unpaired) electrons. The van der Waals surface area contributed by atoms with Gasteiger partial charge in [-0.05, 0) is 56.0 Å². The lowest BCUT2D eigenvalue weighted by molar-refractivity contribution is 0.0526. The molecular formula is C18H18ClNO4S. The van der Waals surface area contributed by atoms with Crippen LogP contribution < -0.4 is 5.32 Å². The number of halogens is 1. The molecule has 7 heteroatoms. The van der Waals surface area contributed by atoms with Gasteiger partial charge in [-0.25, -0.2) is 4.79 Å². The lowest BCUT2D eigenvalue weighted by Crippen LogP contribution is -2.16. The van der Waals surface area contributed by atoms with Crippen molar-refractivity contribution in [2.24, 2.45) is 0 Å². The molecule has 1 atom stereocenters. The maximum atomic E-state index is 12.5. The van der Waals surface area contributed by atoms with Crippen LogP contribution in [0.15, 0.2) is 24.3 Å². The van der Waals surface area contributed by atoms with Gasteiger partial charge >= 0.3 is 5.97 Å². The molecule has 0 spiro atoms. The second-order valence-electron chi connectivity index (χ2n) is 5.74. The van der Waals surface area contributed by atoms with E-state index in [1.807, 2.05) is 0 Å². The number of ether oxygens (including phenoxy) is 1. The number of hydrogen-bond acceptors (Lipinski definition) is 5. The molecule has 1 aromatic heterocycles. The first kappa shape index (κ1) is 17.9. The monoisotopic (exact) mass is 379 g/mol. The zero-order valence-electron chi connectivity index (χ0n) is 13.7. The fourth-order valence-electron chi connectivity index (χ4n) is 2.89. The number of aliphatic hydroxyl groups is 1. The first-order valence-electron chi connectivity index (χ1n) is 8.09. The second kappa shape index (κ2) is 7.56. The Bertz CT molecular complexity index is 800. The summed E-state index contributed by atoms with van der Waals surface area (Å²) in [6.07, 6.45) is 1.53. The van der Waals surface area contributed by atoms with Gasteiger partial charge in [0.05, 0.1) is 18.3 Å². The summed E-state index contributed by atoms with van der Waals surface area (Å²) in [4.78, 5) is 25.6. The topological polar surface area (TPSA) is 75.6 Å². The van der Waals surface area contributed by atoms with Gasteiger partial charge in [-0.3, -0.25) is 4.79 Å². The summed E-state index contributed by atoms with van der Waals surface area (Å²) in [5.74, 6) is -0.809. The van der Waals surface area contributed by atoms with E-state index < -0.39 is 12.1 Å². The molecule has 5 nitrogen and oxygen atoms in total. The minimum atomic E-state index is -0.608. The number of carbonyl (C=O) groups is 2. The van der Waals surface area contributed by atoms with E-state index in [1.54, 1.807) is 31.2 Å². The number of anilines is 1. The van der Waals surface area contributed by atoms with Crippen LogP contribution in [0.5, 0.6) is 0 Å². The Balaban J connectivity index is 1.95. The first-order valence-corrected chi connectivity index (χ1v) is 9.28. The zero-order valence-corrected chi connectivity index (χ0v) is 15.2. The van der Waals surface area contributed by atoms with Crippen molar-refractivity contribution in [2.75, 3.05) is 11.9 Å². The lowest BCUT2D eigenvalue weighted by Gasteiger charge is -2.17. The number of amides is 1. The molecule has 0 aliphatic heterocycles. The van der Waals surface area contributed by atoms with Crippen molar-refractivity contribution in [3.8, 4) is 0 Å². The smallest absolute Gasteiger partial charge is 0.341 e. The molecule has 1 aliphatic carbocycles. The summed E-state index contributed by atoms with van der Waals surface area (Å²) in [6.45, 7) is 1.98.